The number of carbonyl (C=O) groups is 3. The summed E-state index contributed by atoms with van der Waals surface area (Å²) in [7, 11) is 0. The van der Waals surface area contributed by atoms with E-state index in [0.29, 0.717) is 10.5 Å². The predicted molar refractivity (Wildman–Crippen MR) is 92.3 cm³/mol. The average molecular weight is 397 g/mol. The van der Waals surface area contributed by atoms with Crippen molar-refractivity contribution in [3.8, 4) is 0 Å². The fourth-order valence-electron chi connectivity index (χ4n) is 3.33. The molecule has 0 radical (unpaired) electrons. The Morgan fingerprint density at radius 3 is 2.71 bits per heavy atom. The van der Waals surface area contributed by atoms with Crippen LogP contribution in [0, 0.1) is 5.92 Å². The van der Waals surface area contributed by atoms with Crippen LogP contribution in [0.2, 0.25) is 0 Å². The zero-order chi connectivity index (χ0) is 20.5. The standard InChI is InChI=1S/C18H18F3N3O4/c19-18(20,21)9-24-8-11(6-15(24)25)16(26)23-14(17(27)28)5-10-7-22-13-4-2-1-3-12(10)13/h1-4,7,11,14,22H,5-6,8-9H2,(H,23,26)(H,27,28)/t11-,14-/m0/s1. The Bertz CT molecular complexity index is 909. The molecule has 1 aliphatic heterocycles. The summed E-state index contributed by atoms with van der Waals surface area (Å²) in [4.78, 5) is 39.2. The van der Waals surface area contributed by atoms with Gasteiger partial charge in [0.2, 0.25) is 11.8 Å². The minimum atomic E-state index is -4.56. The fourth-order valence-corrected chi connectivity index (χ4v) is 3.33. The number of aromatic nitrogens is 1. The molecule has 0 bridgehead atoms. The molecule has 3 N–H and O–H groups in total. The quantitative estimate of drug-likeness (QED) is 0.690. The number of aliphatic carboxylic acids is 1. The van der Waals surface area contributed by atoms with Crippen LogP contribution in [0.1, 0.15) is 12.0 Å². The normalized spacial score (nSPS) is 18.5. The molecule has 0 saturated carbocycles. The van der Waals surface area contributed by atoms with Crippen LogP contribution in [0.4, 0.5) is 13.2 Å². The van der Waals surface area contributed by atoms with Crippen molar-refractivity contribution in [3.05, 3.63) is 36.0 Å². The Kier molecular flexibility index (Phi) is 5.30. The lowest BCUT2D eigenvalue weighted by Gasteiger charge is -2.19. The Hall–Kier alpha value is -3.04. The van der Waals surface area contributed by atoms with Crippen LogP contribution in [0.5, 0.6) is 0 Å². The first kappa shape index (κ1) is 19.7. The number of H-pyrrole nitrogens is 1. The smallest absolute Gasteiger partial charge is 0.406 e. The van der Waals surface area contributed by atoms with Crippen molar-refractivity contribution in [2.24, 2.45) is 5.92 Å². The average Bonchev–Trinajstić information content (AvgIpc) is 3.17. The van der Waals surface area contributed by atoms with Gasteiger partial charge in [0, 0.05) is 36.5 Å². The summed E-state index contributed by atoms with van der Waals surface area (Å²) in [5.74, 6) is -3.80. The Balaban J connectivity index is 1.67. The van der Waals surface area contributed by atoms with Crippen LogP contribution < -0.4 is 5.32 Å². The van der Waals surface area contributed by atoms with Gasteiger partial charge in [-0.1, -0.05) is 18.2 Å². The highest BCUT2D eigenvalue weighted by atomic mass is 19.4. The number of hydrogen-bond acceptors (Lipinski definition) is 3. The largest absolute Gasteiger partial charge is 0.480 e. The van der Waals surface area contributed by atoms with Crippen molar-refractivity contribution in [3.63, 3.8) is 0 Å². The molecule has 1 saturated heterocycles. The highest BCUT2D eigenvalue weighted by molar-refractivity contribution is 5.92. The van der Waals surface area contributed by atoms with E-state index in [2.05, 4.69) is 10.3 Å². The first-order valence-electron chi connectivity index (χ1n) is 8.57. The molecule has 2 amide bonds. The fraction of sp³-hybridized carbons (Fsp3) is 0.389. The molecule has 1 aromatic carbocycles. The highest BCUT2D eigenvalue weighted by Gasteiger charge is 2.41. The van der Waals surface area contributed by atoms with E-state index in [-0.39, 0.29) is 19.4 Å². The van der Waals surface area contributed by atoms with E-state index < -0.39 is 42.5 Å². The third-order valence-electron chi connectivity index (χ3n) is 4.67. The van der Waals surface area contributed by atoms with Gasteiger partial charge in [-0.3, -0.25) is 9.59 Å². The Morgan fingerprint density at radius 2 is 2.04 bits per heavy atom. The first-order valence-corrected chi connectivity index (χ1v) is 8.57. The number of amides is 2. The van der Waals surface area contributed by atoms with Gasteiger partial charge in [0.05, 0.1) is 5.92 Å². The third-order valence-corrected chi connectivity index (χ3v) is 4.67. The summed E-state index contributed by atoms with van der Waals surface area (Å²) in [6.07, 6.45) is -3.28. The van der Waals surface area contributed by atoms with Gasteiger partial charge in [-0.2, -0.15) is 13.2 Å². The van der Waals surface area contributed by atoms with Gasteiger partial charge in [0.25, 0.3) is 0 Å². The molecular formula is C18H18F3N3O4. The van der Waals surface area contributed by atoms with Crippen LogP contribution >= 0.6 is 0 Å². The number of rotatable bonds is 6. The molecule has 7 nitrogen and oxygen atoms in total. The number of benzene rings is 1. The van der Waals surface area contributed by atoms with Crippen LogP contribution in [0.15, 0.2) is 30.5 Å². The molecule has 0 unspecified atom stereocenters. The number of fused-ring (bicyclic) bond motifs is 1. The van der Waals surface area contributed by atoms with E-state index in [0.717, 1.165) is 10.9 Å². The lowest BCUT2D eigenvalue weighted by Crippen LogP contribution is -2.45. The molecule has 1 aromatic heterocycles. The Labute approximate surface area is 157 Å². The summed E-state index contributed by atoms with van der Waals surface area (Å²) < 4.78 is 37.5. The van der Waals surface area contributed by atoms with E-state index in [9.17, 15) is 32.7 Å². The number of carboxylic acid groups (broad SMARTS) is 1. The molecule has 10 heteroatoms. The van der Waals surface area contributed by atoms with Gasteiger partial charge < -0.3 is 20.3 Å². The van der Waals surface area contributed by atoms with Gasteiger partial charge in [0.15, 0.2) is 0 Å². The molecule has 150 valence electrons. The van der Waals surface area contributed by atoms with Crippen molar-refractivity contribution >= 4 is 28.7 Å². The van der Waals surface area contributed by atoms with E-state index >= 15 is 0 Å². The number of hydrogen-bond donors (Lipinski definition) is 3. The topological polar surface area (TPSA) is 102 Å². The van der Waals surface area contributed by atoms with Crippen LogP contribution in [-0.4, -0.2) is 58.1 Å². The van der Waals surface area contributed by atoms with Gasteiger partial charge in [-0.15, -0.1) is 0 Å². The maximum atomic E-state index is 12.5. The number of carbonyl (C=O) groups excluding carboxylic acids is 2. The monoisotopic (exact) mass is 397 g/mol. The highest BCUT2D eigenvalue weighted by Crippen LogP contribution is 2.24. The van der Waals surface area contributed by atoms with Crippen molar-refractivity contribution in [1.82, 2.24) is 15.2 Å². The maximum Gasteiger partial charge on any atom is 0.406 e. The van der Waals surface area contributed by atoms with Crippen LogP contribution in [0.3, 0.4) is 0 Å². The number of carboxylic acids is 1. The number of alkyl halides is 3. The zero-order valence-corrected chi connectivity index (χ0v) is 14.6. The predicted octanol–water partition coefficient (Wildman–Crippen LogP) is 1.69. The van der Waals surface area contributed by atoms with Gasteiger partial charge >= 0.3 is 12.1 Å². The zero-order valence-electron chi connectivity index (χ0n) is 14.6. The molecular weight excluding hydrogens is 379 g/mol. The third kappa shape index (κ3) is 4.44. The molecule has 2 heterocycles. The number of likely N-dealkylation sites (tertiary alicyclic amines) is 1. The first-order chi connectivity index (χ1) is 13.1. The van der Waals surface area contributed by atoms with E-state index in [1.165, 1.54) is 0 Å². The molecule has 0 aliphatic carbocycles. The van der Waals surface area contributed by atoms with Gasteiger partial charge in [-0.05, 0) is 11.6 Å². The summed E-state index contributed by atoms with van der Waals surface area (Å²) in [6.45, 7) is -1.81. The second-order valence-corrected chi connectivity index (χ2v) is 6.75. The molecule has 0 spiro atoms. The number of aromatic amines is 1. The van der Waals surface area contributed by atoms with Crippen LogP contribution in [0.25, 0.3) is 10.9 Å². The number of halogens is 3. The molecule has 28 heavy (non-hydrogen) atoms. The summed E-state index contributed by atoms with van der Waals surface area (Å²) in [5.41, 5.74) is 1.50. The molecule has 1 aliphatic rings. The summed E-state index contributed by atoms with van der Waals surface area (Å²) >= 11 is 0. The summed E-state index contributed by atoms with van der Waals surface area (Å²) in [6, 6.07) is 5.99. The molecule has 2 aromatic rings. The lowest BCUT2D eigenvalue weighted by molar-refractivity contribution is -0.157. The second kappa shape index (κ2) is 7.53. The number of nitrogens with one attached hydrogen (secondary N) is 2. The number of para-hydroxylation sites is 1. The van der Waals surface area contributed by atoms with Crippen LogP contribution in [-0.2, 0) is 20.8 Å². The summed E-state index contributed by atoms with van der Waals surface area (Å²) in [5, 5.41) is 12.6. The van der Waals surface area contributed by atoms with E-state index in [4.69, 9.17) is 0 Å². The van der Waals surface area contributed by atoms with Crippen molar-refractivity contribution in [2.45, 2.75) is 25.1 Å². The van der Waals surface area contributed by atoms with E-state index in [1.807, 2.05) is 18.2 Å². The molecule has 2 atom stereocenters. The number of nitrogens with zero attached hydrogens (tertiary/aromatic N) is 1. The van der Waals surface area contributed by atoms with E-state index in [1.54, 1.807) is 12.3 Å². The second-order valence-electron chi connectivity index (χ2n) is 6.75. The molecule has 3 rings (SSSR count). The van der Waals surface area contributed by atoms with Gasteiger partial charge in [0.1, 0.15) is 12.6 Å². The minimum Gasteiger partial charge on any atom is -0.480 e. The van der Waals surface area contributed by atoms with Crippen molar-refractivity contribution < 1.29 is 32.7 Å². The van der Waals surface area contributed by atoms with Gasteiger partial charge in [-0.25, -0.2) is 4.79 Å². The lowest BCUT2D eigenvalue weighted by atomic mass is 10.0. The van der Waals surface area contributed by atoms with Crippen molar-refractivity contribution in [1.29, 1.82) is 0 Å². The maximum absolute atomic E-state index is 12.5. The minimum absolute atomic E-state index is 0.00197. The van der Waals surface area contributed by atoms with Crippen molar-refractivity contribution in [2.75, 3.05) is 13.1 Å². The molecule has 1 fully saturated rings. The SMILES string of the molecule is O=C(N[C@@H](Cc1c[nH]c2ccccc12)C(=O)O)[C@H]1CC(=O)N(CC(F)(F)F)C1. The Morgan fingerprint density at radius 1 is 1.32 bits per heavy atom.